The van der Waals surface area contributed by atoms with Crippen LogP contribution in [0.5, 0.6) is 5.75 Å². The lowest BCUT2D eigenvalue weighted by Gasteiger charge is -2.26. The van der Waals surface area contributed by atoms with Crippen molar-refractivity contribution >= 4 is 5.78 Å². The second-order valence-corrected chi connectivity index (χ2v) is 5.10. The Morgan fingerprint density at radius 2 is 2.10 bits per heavy atom. The maximum atomic E-state index is 11.5. The molecule has 0 aliphatic carbocycles. The Labute approximate surface area is 121 Å². The zero-order chi connectivity index (χ0) is 15.1. The van der Waals surface area contributed by atoms with Crippen molar-refractivity contribution in [3.8, 4) is 5.75 Å². The lowest BCUT2D eigenvalue weighted by atomic mass is 10.1. The van der Waals surface area contributed by atoms with Gasteiger partial charge in [0.2, 0.25) is 0 Å². The van der Waals surface area contributed by atoms with Gasteiger partial charge in [0.15, 0.2) is 5.78 Å². The number of rotatable bonds is 8. The highest BCUT2D eigenvalue weighted by molar-refractivity contribution is 5.94. The van der Waals surface area contributed by atoms with Crippen LogP contribution in [0.3, 0.4) is 0 Å². The molecule has 4 heteroatoms. The molecule has 0 amide bonds. The molecule has 1 aromatic carbocycles. The molecule has 0 radical (unpaired) electrons. The molecule has 0 spiro atoms. The topological polar surface area (TPSA) is 49.8 Å². The van der Waals surface area contributed by atoms with E-state index in [1.165, 1.54) is 0 Å². The van der Waals surface area contributed by atoms with Crippen molar-refractivity contribution < 1.29 is 14.6 Å². The van der Waals surface area contributed by atoms with Crippen LogP contribution < -0.4 is 4.74 Å². The van der Waals surface area contributed by atoms with Gasteiger partial charge in [0.25, 0.3) is 0 Å². The molecule has 112 valence electrons. The fraction of sp³-hybridized carbons (Fsp3) is 0.562. The highest BCUT2D eigenvalue weighted by Crippen LogP contribution is 2.23. The first kappa shape index (κ1) is 16.7. The molecule has 4 nitrogen and oxygen atoms in total. The first-order valence-corrected chi connectivity index (χ1v) is 7.11. The normalized spacial score (nSPS) is 11.2. The third kappa shape index (κ3) is 4.62. The fourth-order valence-corrected chi connectivity index (χ4v) is 2.09. The summed E-state index contributed by atoms with van der Waals surface area (Å²) < 4.78 is 5.63. The average molecular weight is 279 g/mol. The number of aliphatic hydroxyl groups excluding tert-OH is 1. The number of nitrogens with zero attached hydrogens (tertiary/aromatic N) is 1. The highest BCUT2D eigenvalue weighted by Gasteiger charge is 2.14. The van der Waals surface area contributed by atoms with Gasteiger partial charge in [0, 0.05) is 30.3 Å². The van der Waals surface area contributed by atoms with E-state index >= 15 is 0 Å². The molecular formula is C16H25NO3. The van der Waals surface area contributed by atoms with Crippen molar-refractivity contribution in [1.82, 2.24) is 4.90 Å². The second kappa shape index (κ2) is 8.02. The minimum absolute atomic E-state index is 0.0487. The van der Waals surface area contributed by atoms with Crippen LogP contribution in [0.4, 0.5) is 0 Å². The van der Waals surface area contributed by atoms with Gasteiger partial charge in [0.05, 0.1) is 13.2 Å². The van der Waals surface area contributed by atoms with E-state index in [-0.39, 0.29) is 12.4 Å². The lowest BCUT2D eigenvalue weighted by molar-refractivity contribution is 0.101. The van der Waals surface area contributed by atoms with Crippen LogP contribution in [0.1, 0.15) is 43.6 Å². The third-order valence-corrected chi connectivity index (χ3v) is 3.26. The number of Topliss-reactive ketones (excluding diaryl/α,β-unsaturated/α-hetero) is 1. The van der Waals surface area contributed by atoms with Gasteiger partial charge in [-0.3, -0.25) is 9.69 Å². The molecule has 0 saturated heterocycles. The molecule has 20 heavy (non-hydrogen) atoms. The summed E-state index contributed by atoms with van der Waals surface area (Å²) in [6.07, 6.45) is 0. The Morgan fingerprint density at radius 3 is 2.60 bits per heavy atom. The maximum Gasteiger partial charge on any atom is 0.159 e. The van der Waals surface area contributed by atoms with Crippen molar-refractivity contribution in [2.45, 2.75) is 40.3 Å². The molecule has 0 atom stereocenters. The molecular weight excluding hydrogens is 254 g/mol. The lowest BCUT2D eigenvalue weighted by Crippen LogP contribution is -2.33. The first-order chi connectivity index (χ1) is 9.49. The smallest absolute Gasteiger partial charge is 0.159 e. The van der Waals surface area contributed by atoms with Gasteiger partial charge < -0.3 is 9.84 Å². The summed E-state index contributed by atoms with van der Waals surface area (Å²) in [6.45, 7) is 9.66. The van der Waals surface area contributed by atoms with Crippen molar-refractivity contribution in [1.29, 1.82) is 0 Å². The largest absolute Gasteiger partial charge is 0.494 e. The summed E-state index contributed by atoms with van der Waals surface area (Å²) in [6, 6.07) is 5.85. The maximum absolute atomic E-state index is 11.5. The summed E-state index contributed by atoms with van der Waals surface area (Å²) >= 11 is 0. The summed E-state index contributed by atoms with van der Waals surface area (Å²) in [7, 11) is 0. The van der Waals surface area contributed by atoms with Crippen LogP contribution in [0.25, 0.3) is 0 Å². The predicted octanol–water partition coefficient (Wildman–Crippen LogP) is 2.49. The zero-order valence-corrected chi connectivity index (χ0v) is 12.8. The van der Waals surface area contributed by atoms with Gasteiger partial charge in [-0.25, -0.2) is 0 Å². The second-order valence-electron chi connectivity index (χ2n) is 5.10. The van der Waals surface area contributed by atoms with E-state index in [9.17, 15) is 4.79 Å². The van der Waals surface area contributed by atoms with Crippen molar-refractivity contribution in [2.75, 3.05) is 19.8 Å². The molecule has 1 rings (SSSR count). The van der Waals surface area contributed by atoms with Gasteiger partial charge in [-0.2, -0.15) is 0 Å². The quantitative estimate of drug-likeness (QED) is 0.743. The van der Waals surface area contributed by atoms with Crippen molar-refractivity contribution in [3.05, 3.63) is 29.3 Å². The standard InChI is InChI=1S/C16H25NO3/c1-5-20-16-7-6-14(13(4)19)10-15(16)11-17(8-9-18)12(2)3/h6-7,10,12,18H,5,8-9,11H2,1-4H3. The molecule has 0 fully saturated rings. The molecule has 0 aromatic heterocycles. The summed E-state index contributed by atoms with van der Waals surface area (Å²) in [4.78, 5) is 13.7. The van der Waals surface area contributed by atoms with Crippen molar-refractivity contribution in [2.24, 2.45) is 0 Å². The van der Waals surface area contributed by atoms with Crippen molar-refractivity contribution in [3.63, 3.8) is 0 Å². The molecule has 0 unspecified atom stereocenters. The van der Waals surface area contributed by atoms with E-state index in [2.05, 4.69) is 18.7 Å². The SMILES string of the molecule is CCOc1ccc(C(C)=O)cc1CN(CCO)C(C)C. The van der Waals surface area contributed by atoms with Gasteiger partial charge >= 0.3 is 0 Å². The molecule has 0 aliphatic heterocycles. The molecule has 0 heterocycles. The Balaban J connectivity index is 3.04. The Bertz CT molecular complexity index is 443. The van der Waals surface area contributed by atoms with Gasteiger partial charge in [0.1, 0.15) is 5.75 Å². The van der Waals surface area contributed by atoms with E-state index < -0.39 is 0 Å². The molecule has 0 saturated carbocycles. The van der Waals surface area contributed by atoms with E-state index in [0.717, 1.165) is 11.3 Å². The number of hydrogen-bond acceptors (Lipinski definition) is 4. The Kier molecular flexibility index (Phi) is 6.68. The number of hydrogen-bond donors (Lipinski definition) is 1. The van der Waals surface area contributed by atoms with Gasteiger partial charge in [-0.05, 0) is 45.9 Å². The molecule has 0 aliphatic rings. The monoisotopic (exact) mass is 279 g/mol. The van der Waals surface area contributed by atoms with Crippen LogP contribution in [0.15, 0.2) is 18.2 Å². The van der Waals surface area contributed by atoms with Crippen LogP contribution in [-0.2, 0) is 6.54 Å². The van der Waals surface area contributed by atoms with Crippen LogP contribution >= 0.6 is 0 Å². The van der Waals surface area contributed by atoms with Gasteiger partial charge in [-0.15, -0.1) is 0 Å². The van der Waals surface area contributed by atoms with E-state index in [1.807, 2.05) is 19.1 Å². The van der Waals surface area contributed by atoms with Crippen LogP contribution in [-0.4, -0.2) is 41.6 Å². The number of ether oxygens (including phenoxy) is 1. The summed E-state index contributed by atoms with van der Waals surface area (Å²) in [5.41, 5.74) is 1.68. The summed E-state index contributed by atoms with van der Waals surface area (Å²) in [5, 5.41) is 9.15. The van der Waals surface area contributed by atoms with Crippen LogP contribution in [0, 0.1) is 0 Å². The first-order valence-electron chi connectivity index (χ1n) is 7.11. The molecule has 0 bridgehead atoms. The van der Waals surface area contributed by atoms with E-state index in [4.69, 9.17) is 9.84 Å². The number of benzene rings is 1. The average Bonchev–Trinajstić information content (AvgIpc) is 2.39. The van der Waals surface area contributed by atoms with Crippen LogP contribution in [0.2, 0.25) is 0 Å². The Hall–Kier alpha value is -1.39. The third-order valence-electron chi connectivity index (χ3n) is 3.26. The number of carbonyl (C=O) groups is 1. The van der Waals surface area contributed by atoms with E-state index in [0.29, 0.717) is 31.3 Å². The van der Waals surface area contributed by atoms with E-state index in [1.54, 1.807) is 13.0 Å². The minimum Gasteiger partial charge on any atom is -0.494 e. The number of carbonyl (C=O) groups excluding carboxylic acids is 1. The number of ketones is 1. The molecule has 1 aromatic rings. The Morgan fingerprint density at radius 1 is 1.40 bits per heavy atom. The zero-order valence-electron chi connectivity index (χ0n) is 12.8. The fourth-order valence-electron chi connectivity index (χ4n) is 2.09. The number of aliphatic hydroxyl groups is 1. The van der Waals surface area contributed by atoms with Gasteiger partial charge in [-0.1, -0.05) is 0 Å². The summed E-state index contributed by atoms with van der Waals surface area (Å²) in [5.74, 6) is 0.855. The predicted molar refractivity (Wildman–Crippen MR) is 80.2 cm³/mol. The molecule has 1 N–H and O–H groups in total. The minimum atomic E-state index is 0.0487. The highest BCUT2D eigenvalue weighted by atomic mass is 16.5.